The Kier molecular flexibility index (Phi) is 3.98. The summed E-state index contributed by atoms with van der Waals surface area (Å²) in [5, 5.41) is 2.03. The van der Waals surface area contributed by atoms with Gasteiger partial charge in [-0.3, -0.25) is 0 Å². The molecule has 2 aromatic rings. The predicted molar refractivity (Wildman–Crippen MR) is 70.9 cm³/mol. The van der Waals surface area contributed by atoms with Gasteiger partial charge in [-0.2, -0.15) is 0 Å². The van der Waals surface area contributed by atoms with E-state index in [0.717, 1.165) is 15.1 Å². The van der Waals surface area contributed by atoms with Gasteiger partial charge in [-0.25, -0.2) is 0 Å². The van der Waals surface area contributed by atoms with E-state index < -0.39 is 0 Å². The van der Waals surface area contributed by atoms with Crippen LogP contribution in [0.2, 0.25) is 0 Å². The second kappa shape index (κ2) is 5.48. The highest BCUT2D eigenvalue weighted by Crippen LogP contribution is 2.25. The Labute approximate surface area is 107 Å². The van der Waals surface area contributed by atoms with Gasteiger partial charge < -0.3 is 10.5 Å². The van der Waals surface area contributed by atoms with Crippen LogP contribution >= 0.6 is 27.3 Å². The molecule has 4 heteroatoms. The van der Waals surface area contributed by atoms with Gasteiger partial charge in [-0.1, -0.05) is 22.0 Å². The number of nitrogens with two attached hydrogens (primary N) is 1. The van der Waals surface area contributed by atoms with Crippen molar-refractivity contribution in [3.63, 3.8) is 0 Å². The molecule has 0 aliphatic heterocycles. The van der Waals surface area contributed by atoms with E-state index in [9.17, 15) is 0 Å². The average Bonchev–Trinajstić information content (AvgIpc) is 2.82. The molecule has 1 aromatic carbocycles. The zero-order valence-corrected chi connectivity index (χ0v) is 11.0. The summed E-state index contributed by atoms with van der Waals surface area (Å²) in [4.78, 5) is 1.16. The Balaban J connectivity index is 2.10. The highest BCUT2D eigenvalue weighted by molar-refractivity contribution is 9.10. The van der Waals surface area contributed by atoms with Crippen molar-refractivity contribution in [1.82, 2.24) is 0 Å². The first kappa shape index (κ1) is 11.6. The fourth-order valence-corrected chi connectivity index (χ4v) is 2.41. The van der Waals surface area contributed by atoms with Crippen LogP contribution in [0.5, 0.6) is 5.75 Å². The van der Waals surface area contributed by atoms with Gasteiger partial charge in [-0.05, 0) is 35.7 Å². The molecule has 0 aliphatic carbocycles. The minimum Gasteiger partial charge on any atom is -0.484 e. The fourth-order valence-electron chi connectivity index (χ4n) is 1.37. The van der Waals surface area contributed by atoms with Crippen LogP contribution in [0.3, 0.4) is 0 Å². The molecule has 0 amide bonds. The second-order valence-electron chi connectivity index (χ2n) is 3.31. The van der Waals surface area contributed by atoms with Crippen LogP contribution < -0.4 is 10.5 Å². The maximum atomic E-state index is 5.83. The summed E-state index contributed by atoms with van der Waals surface area (Å²) < 4.78 is 6.87. The highest BCUT2D eigenvalue weighted by atomic mass is 79.9. The van der Waals surface area contributed by atoms with Crippen molar-refractivity contribution in [3.8, 4) is 5.75 Å². The Hall–Kier alpha value is -0.840. The number of rotatable bonds is 4. The van der Waals surface area contributed by atoms with E-state index in [1.165, 1.54) is 0 Å². The van der Waals surface area contributed by atoms with E-state index in [1.807, 2.05) is 41.8 Å². The summed E-state index contributed by atoms with van der Waals surface area (Å²) in [7, 11) is 0. The van der Waals surface area contributed by atoms with Gasteiger partial charge in [0.15, 0.2) is 0 Å². The van der Waals surface area contributed by atoms with Crippen LogP contribution in [0.15, 0.2) is 46.3 Å². The highest BCUT2D eigenvalue weighted by Gasteiger charge is 2.12. The van der Waals surface area contributed by atoms with E-state index in [-0.39, 0.29) is 6.10 Å². The topological polar surface area (TPSA) is 35.2 Å². The standard InChI is InChI=1S/C12H12BrNOS/c13-9-3-5-10(6-4-9)15-11(8-14)12-2-1-7-16-12/h1-7,11H,8,14H2. The van der Waals surface area contributed by atoms with Crippen LogP contribution in [-0.2, 0) is 0 Å². The van der Waals surface area contributed by atoms with Crippen molar-refractivity contribution in [2.75, 3.05) is 6.54 Å². The van der Waals surface area contributed by atoms with E-state index in [1.54, 1.807) is 11.3 Å². The van der Waals surface area contributed by atoms with Crippen molar-refractivity contribution >= 4 is 27.3 Å². The van der Waals surface area contributed by atoms with E-state index in [4.69, 9.17) is 10.5 Å². The van der Waals surface area contributed by atoms with Crippen molar-refractivity contribution in [2.24, 2.45) is 5.73 Å². The molecule has 2 N–H and O–H groups in total. The maximum Gasteiger partial charge on any atom is 0.145 e. The lowest BCUT2D eigenvalue weighted by Gasteiger charge is -2.15. The lowest BCUT2D eigenvalue weighted by atomic mass is 10.3. The SMILES string of the molecule is NCC(Oc1ccc(Br)cc1)c1cccs1. The summed E-state index contributed by atoms with van der Waals surface area (Å²) in [5.41, 5.74) is 5.71. The summed E-state index contributed by atoms with van der Waals surface area (Å²) in [5.74, 6) is 0.840. The Morgan fingerprint density at radius 3 is 2.56 bits per heavy atom. The molecule has 1 heterocycles. The molecule has 0 bridgehead atoms. The van der Waals surface area contributed by atoms with Gasteiger partial charge in [0.2, 0.25) is 0 Å². The molecule has 0 fully saturated rings. The molecule has 2 nitrogen and oxygen atoms in total. The fraction of sp³-hybridized carbons (Fsp3) is 0.167. The third-order valence-corrected chi connectivity index (χ3v) is 3.66. The lowest BCUT2D eigenvalue weighted by molar-refractivity contribution is 0.218. The molecular formula is C12H12BrNOS. The molecule has 0 saturated heterocycles. The number of hydrogen-bond donors (Lipinski definition) is 1. The van der Waals surface area contributed by atoms with Gasteiger partial charge >= 0.3 is 0 Å². The third-order valence-electron chi connectivity index (χ3n) is 2.17. The summed E-state index contributed by atoms with van der Waals surface area (Å²) >= 11 is 5.05. The molecule has 1 atom stereocenters. The van der Waals surface area contributed by atoms with Crippen molar-refractivity contribution < 1.29 is 4.74 Å². The Bertz CT molecular complexity index is 427. The third kappa shape index (κ3) is 2.84. The number of benzene rings is 1. The van der Waals surface area contributed by atoms with Gasteiger partial charge in [0.1, 0.15) is 11.9 Å². The van der Waals surface area contributed by atoms with E-state index >= 15 is 0 Å². The molecule has 84 valence electrons. The van der Waals surface area contributed by atoms with Crippen molar-refractivity contribution in [1.29, 1.82) is 0 Å². The van der Waals surface area contributed by atoms with Gasteiger partial charge in [0.05, 0.1) is 0 Å². The number of ether oxygens (including phenoxy) is 1. The van der Waals surface area contributed by atoms with Crippen molar-refractivity contribution in [2.45, 2.75) is 6.10 Å². The molecule has 2 rings (SSSR count). The molecule has 0 spiro atoms. The monoisotopic (exact) mass is 297 g/mol. The molecule has 0 radical (unpaired) electrons. The van der Waals surface area contributed by atoms with Gasteiger partial charge in [0, 0.05) is 15.9 Å². The van der Waals surface area contributed by atoms with Gasteiger partial charge in [0.25, 0.3) is 0 Å². The van der Waals surface area contributed by atoms with Crippen LogP contribution in [-0.4, -0.2) is 6.54 Å². The molecule has 0 aliphatic rings. The zero-order valence-electron chi connectivity index (χ0n) is 8.60. The smallest absolute Gasteiger partial charge is 0.145 e. The van der Waals surface area contributed by atoms with Crippen LogP contribution in [0.25, 0.3) is 0 Å². The van der Waals surface area contributed by atoms with Crippen LogP contribution in [0.4, 0.5) is 0 Å². The number of thiophene rings is 1. The minimum absolute atomic E-state index is 0.0545. The van der Waals surface area contributed by atoms with Crippen LogP contribution in [0, 0.1) is 0 Å². The molecule has 1 unspecified atom stereocenters. The molecule has 1 aromatic heterocycles. The van der Waals surface area contributed by atoms with Gasteiger partial charge in [-0.15, -0.1) is 11.3 Å². The number of hydrogen-bond acceptors (Lipinski definition) is 3. The summed E-state index contributed by atoms with van der Waals surface area (Å²) in [6.07, 6.45) is -0.0545. The Morgan fingerprint density at radius 1 is 1.25 bits per heavy atom. The second-order valence-corrected chi connectivity index (χ2v) is 5.21. The Morgan fingerprint density at radius 2 is 2.00 bits per heavy atom. The first-order valence-electron chi connectivity index (χ1n) is 4.95. The van der Waals surface area contributed by atoms with E-state index in [2.05, 4.69) is 15.9 Å². The lowest BCUT2D eigenvalue weighted by Crippen LogP contribution is -2.17. The van der Waals surface area contributed by atoms with Crippen molar-refractivity contribution in [3.05, 3.63) is 51.1 Å². The van der Waals surface area contributed by atoms with E-state index in [0.29, 0.717) is 6.54 Å². The normalized spacial score (nSPS) is 12.4. The first-order valence-corrected chi connectivity index (χ1v) is 6.62. The first-order chi connectivity index (χ1) is 7.79. The average molecular weight is 298 g/mol. The maximum absolute atomic E-state index is 5.83. The molecule has 0 saturated carbocycles. The minimum atomic E-state index is -0.0545. The number of halogens is 1. The predicted octanol–water partition coefficient (Wildman–Crippen LogP) is 3.59. The summed E-state index contributed by atoms with van der Waals surface area (Å²) in [6, 6.07) is 11.8. The summed E-state index contributed by atoms with van der Waals surface area (Å²) in [6.45, 7) is 0.483. The molecular weight excluding hydrogens is 286 g/mol. The largest absolute Gasteiger partial charge is 0.484 e. The zero-order chi connectivity index (χ0) is 11.4. The molecule has 16 heavy (non-hydrogen) atoms. The quantitative estimate of drug-likeness (QED) is 0.936. The van der Waals surface area contributed by atoms with Crippen LogP contribution in [0.1, 0.15) is 11.0 Å².